The number of carbonyl (C=O) groups excluding carboxylic acids is 2. The Hall–Kier alpha value is -2.88. The molecule has 0 aromatic heterocycles. The minimum Gasteiger partial charge on any atom is -0.466 e. The van der Waals surface area contributed by atoms with Crippen molar-refractivity contribution in [1.29, 1.82) is 0 Å². The lowest BCUT2D eigenvalue weighted by molar-refractivity contribution is -0.157. The molecule has 2 unspecified atom stereocenters. The predicted octanol–water partition coefficient (Wildman–Crippen LogP) is 4.05. The molecule has 0 N–H and O–H groups in total. The van der Waals surface area contributed by atoms with E-state index in [9.17, 15) is 9.59 Å². The Labute approximate surface area is 154 Å². The van der Waals surface area contributed by atoms with Crippen molar-refractivity contribution in [3.8, 4) is 0 Å². The van der Waals surface area contributed by atoms with Gasteiger partial charge in [0.25, 0.3) is 0 Å². The quantitative estimate of drug-likeness (QED) is 0.531. The van der Waals surface area contributed by atoms with Gasteiger partial charge in [0.2, 0.25) is 0 Å². The lowest BCUT2D eigenvalue weighted by Gasteiger charge is -2.22. The molecule has 2 aromatic rings. The SMILES string of the molecule is CCOC(=O)C(Cc1ccccc1)C(C)OC(=O)C=Cc1ccccc1. The molecule has 0 fully saturated rings. The summed E-state index contributed by atoms with van der Waals surface area (Å²) in [4.78, 5) is 24.4. The van der Waals surface area contributed by atoms with E-state index >= 15 is 0 Å². The third-order valence-electron chi connectivity index (χ3n) is 3.97. The zero-order chi connectivity index (χ0) is 18.8. The summed E-state index contributed by atoms with van der Waals surface area (Å²) >= 11 is 0. The summed E-state index contributed by atoms with van der Waals surface area (Å²) in [6.45, 7) is 3.77. The molecule has 0 aliphatic heterocycles. The monoisotopic (exact) mass is 352 g/mol. The molecule has 0 aliphatic carbocycles. The Morgan fingerprint density at radius 2 is 1.62 bits per heavy atom. The topological polar surface area (TPSA) is 52.6 Å². The van der Waals surface area contributed by atoms with Gasteiger partial charge in [-0.05, 0) is 37.5 Å². The van der Waals surface area contributed by atoms with Crippen molar-refractivity contribution in [2.75, 3.05) is 6.61 Å². The van der Waals surface area contributed by atoms with E-state index in [2.05, 4.69) is 0 Å². The van der Waals surface area contributed by atoms with Gasteiger partial charge in [-0.25, -0.2) is 4.79 Å². The molecule has 0 heterocycles. The molecule has 2 atom stereocenters. The molecular weight excluding hydrogens is 328 g/mol. The molecule has 0 amide bonds. The Bertz CT molecular complexity index is 722. The average Bonchev–Trinajstić information content (AvgIpc) is 2.66. The number of ether oxygens (including phenoxy) is 2. The highest BCUT2D eigenvalue weighted by molar-refractivity contribution is 5.87. The molecule has 0 aliphatic rings. The Morgan fingerprint density at radius 3 is 2.23 bits per heavy atom. The highest BCUT2D eigenvalue weighted by Gasteiger charge is 2.29. The average molecular weight is 352 g/mol. The lowest BCUT2D eigenvalue weighted by Crippen LogP contribution is -2.33. The van der Waals surface area contributed by atoms with E-state index < -0.39 is 18.0 Å². The van der Waals surface area contributed by atoms with Gasteiger partial charge < -0.3 is 9.47 Å². The van der Waals surface area contributed by atoms with Crippen LogP contribution in [0, 0.1) is 5.92 Å². The van der Waals surface area contributed by atoms with Crippen LogP contribution in [0.15, 0.2) is 66.7 Å². The standard InChI is InChI=1S/C22H24O4/c1-3-25-22(24)20(16-19-12-8-5-9-13-19)17(2)26-21(23)15-14-18-10-6-4-7-11-18/h4-15,17,20H,3,16H2,1-2H3. The Morgan fingerprint density at radius 1 is 1.00 bits per heavy atom. The van der Waals surface area contributed by atoms with E-state index in [1.54, 1.807) is 19.9 Å². The highest BCUT2D eigenvalue weighted by Crippen LogP contribution is 2.18. The molecule has 0 saturated heterocycles. The molecule has 0 saturated carbocycles. The van der Waals surface area contributed by atoms with Crippen molar-refractivity contribution < 1.29 is 19.1 Å². The lowest BCUT2D eigenvalue weighted by atomic mass is 9.94. The predicted molar refractivity (Wildman–Crippen MR) is 101 cm³/mol. The summed E-state index contributed by atoms with van der Waals surface area (Å²) in [7, 11) is 0. The van der Waals surface area contributed by atoms with E-state index in [0.717, 1.165) is 11.1 Å². The third-order valence-corrected chi connectivity index (χ3v) is 3.97. The molecule has 2 rings (SSSR count). The summed E-state index contributed by atoms with van der Waals surface area (Å²) in [5, 5.41) is 0. The van der Waals surface area contributed by atoms with Crippen molar-refractivity contribution in [1.82, 2.24) is 0 Å². The Kier molecular flexibility index (Phi) is 7.62. The fourth-order valence-corrected chi connectivity index (χ4v) is 2.59. The molecule has 0 radical (unpaired) electrons. The van der Waals surface area contributed by atoms with E-state index in [1.807, 2.05) is 60.7 Å². The van der Waals surface area contributed by atoms with Crippen molar-refractivity contribution in [3.63, 3.8) is 0 Å². The van der Waals surface area contributed by atoms with Gasteiger partial charge in [0.1, 0.15) is 6.10 Å². The molecular formula is C22H24O4. The van der Waals surface area contributed by atoms with Crippen LogP contribution in [0.5, 0.6) is 0 Å². The van der Waals surface area contributed by atoms with Gasteiger partial charge >= 0.3 is 11.9 Å². The Balaban J connectivity index is 2.02. The fourth-order valence-electron chi connectivity index (χ4n) is 2.59. The first-order valence-corrected chi connectivity index (χ1v) is 8.74. The minimum atomic E-state index is -0.595. The number of hydrogen-bond donors (Lipinski definition) is 0. The zero-order valence-corrected chi connectivity index (χ0v) is 15.1. The first kappa shape index (κ1) is 19.4. The fraction of sp³-hybridized carbons (Fsp3) is 0.273. The largest absolute Gasteiger partial charge is 0.466 e. The van der Waals surface area contributed by atoms with Gasteiger partial charge in [-0.1, -0.05) is 60.7 Å². The van der Waals surface area contributed by atoms with Crippen LogP contribution < -0.4 is 0 Å². The highest BCUT2D eigenvalue weighted by atomic mass is 16.6. The molecule has 4 nitrogen and oxygen atoms in total. The molecule has 0 spiro atoms. The first-order valence-electron chi connectivity index (χ1n) is 8.74. The van der Waals surface area contributed by atoms with E-state index in [0.29, 0.717) is 13.0 Å². The molecule has 0 bridgehead atoms. The van der Waals surface area contributed by atoms with Crippen LogP contribution in [-0.4, -0.2) is 24.6 Å². The summed E-state index contributed by atoms with van der Waals surface area (Å²) < 4.78 is 10.6. The third kappa shape index (κ3) is 6.20. The smallest absolute Gasteiger partial charge is 0.331 e. The normalized spacial score (nSPS) is 13.2. The summed E-state index contributed by atoms with van der Waals surface area (Å²) in [5.41, 5.74) is 1.90. The molecule has 26 heavy (non-hydrogen) atoms. The van der Waals surface area contributed by atoms with Gasteiger partial charge in [-0.3, -0.25) is 4.79 Å². The van der Waals surface area contributed by atoms with Crippen LogP contribution in [0.3, 0.4) is 0 Å². The first-order chi connectivity index (χ1) is 12.6. The number of hydrogen-bond acceptors (Lipinski definition) is 4. The van der Waals surface area contributed by atoms with Crippen LogP contribution in [0.1, 0.15) is 25.0 Å². The van der Waals surface area contributed by atoms with Crippen LogP contribution in [-0.2, 0) is 25.5 Å². The second kappa shape index (κ2) is 10.2. The van der Waals surface area contributed by atoms with Gasteiger partial charge in [0.15, 0.2) is 0 Å². The maximum absolute atomic E-state index is 12.3. The van der Waals surface area contributed by atoms with E-state index in [1.165, 1.54) is 6.08 Å². The van der Waals surface area contributed by atoms with Crippen LogP contribution in [0.25, 0.3) is 6.08 Å². The van der Waals surface area contributed by atoms with E-state index in [4.69, 9.17) is 9.47 Å². The van der Waals surface area contributed by atoms with Crippen LogP contribution in [0.4, 0.5) is 0 Å². The van der Waals surface area contributed by atoms with Crippen LogP contribution >= 0.6 is 0 Å². The number of esters is 2. The molecule has 4 heteroatoms. The van der Waals surface area contributed by atoms with Crippen molar-refractivity contribution in [2.45, 2.75) is 26.4 Å². The minimum absolute atomic E-state index is 0.290. The summed E-state index contributed by atoms with van der Waals surface area (Å²) in [5.74, 6) is -1.39. The van der Waals surface area contributed by atoms with Crippen LogP contribution in [0.2, 0.25) is 0 Å². The van der Waals surface area contributed by atoms with Crippen molar-refractivity contribution >= 4 is 18.0 Å². The van der Waals surface area contributed by atoms with E-state index in [-0.39, 0.29) is 5.97 Å². The maximum Gasteiger partial charge on any atom is 0.331 e. The molecule has 136 valence electrons. The maximum atomic E-state index is 12.3. The van der Waals surface area contributed by atoms with Crippen molar-refractivity contribution in [2.24, 2.45) is 5.92 Å². The van der Waals surface area contributed by atoms with Gasteiger partial charge in [0, 0.05) is 6.08 Å². The van der Waals surface area contributed by atoms with Gasteiger partial charge in [0.05, 0.1) is 12.5 Å². The van der Waals surface area contributed by atoms with Gasteiger partial charge in [-0.2, -0.15) is 0 Å². The second-order valence-electron chi connectivity index (χ2n) is 5.93. The summed E-state index contributed by atoms with van der Waals surface area (Å²) in [6.07, 6.45) is 2.92. The second-order valence-corrected chi connectivity index (χ2v) is 5.93. The zero-order valence-electron chi connectivity index (χ0n) is 15.1. The molecule has 2 aromatic carbocycles. The van der Waals surface area contributed by atoms with Gasteiger partial charge in [-0.15, -0.1) is 0 Å². The number of rotatable bonds is 8. The summed E-state index contributed by atoms with van der Waals surface area (Å²) in [6, 6.07) is 19.1. The van der Waals surface area contributed by atoms with Crippen molar-refractivity contribution in [3.05, 3.63) is 77.9 Å². The number of carbonyl (C=O) groups is 2. The number of benzene rings is 2.